The van der Waals surface area contributed by atoms with Crippen molar-refractivity contribution in [2.75, 3.05) is 5.32 Å². The number of carbonyl (C=O) groups is 3. The van der Waals surface area contributed by atoms with Gasteiger partial charge in [0.15, 0.2) is 0 Å². The lowest BCUT2D eigenvalue weighted by Gasteiger charge is -2.22. The summed E-state index contributed by atoms with van der Waals surface area (Å²) >= 11 is 3.33. The highest BCUT2D eigenvalue weighted by molar-refractivity contribution is 9.10. The van der Waals surface area contributed by atoms with Crippen molar-refractivity contribution in [1.29, 1.82) is 0 Å². The molecule has 3 rings (SSSR count). The molecule has 1 heterocycles. The van der Waals surface area contributed by atoms with Crippen molar-refractivity contribution in [1.82, 2.24) is 4.90 Å². The third kappa shape index (κ3) is 2.95. The first-order valence-corrected chi connectivity index (χ1v) is 8.36. The van der Waals surface area contributed by atoms with E-state index in [-0.39, 0.29) is 29.6 Å². The summed E-state index contributed by atoms with van der Waals surface area (Å²) in [6.07, 6.45) is 5.02. The van der Waals surface area contributed by atoms with E-state index in [1.54, 1.807) is 19.1 Å². The Kier molecular flexibility index (Phi) is 4.35. The van der Waals surface area contributed by atoms with E-state index in [1.807, 2.05) is 24.3 Å². The van der Waals surface area contributed by atoms with Gasteiger partial charge in [0.05, 0.1) is 11.8 Å². The van der Waals surface area contributed by atoms with Gasteiger partial charge in [0.25, 0.3) is 0 Å². The Hall–Kier alpha value is -1.95. The van der Waals surface area contributed by atoms with Crippen LogP contribution in [-0.4, -0.2) is 28.7 Å². The molecule has 3 atom stereocenters. The van der Waals surface area contributed by atoms with Gasteiger partial charge in [0.2, 0.25) is 17.7 Å². The standard InChI is InChI=1S/C17H17BrN2O3/c1-10(15(21)19-12-8-6-11(18)7-9-12)20-16(22)13-4-2-3-5-14(13)17(20)23/h2-3,6-10,13-14H,4-5H2,1H3,(H,19,21)/t10-,13-,14+/m0/s1. The minimum Gasteiger partial charge on any atom is -0.324 e. The first-order chi connectivity index (χ1) is 11.0. The summed E-state index contributed by atoms with van der Waals surface area (Å²) in [6.45, 7) is 1.59. The molecule has 2 aliphatic rings. The SMILES string of the molecule is C[C@@H](C(=O)Nc1ccc(Br)cc1)N1C(=O)[C@H]2CC=CC[C@H]2C1=O. The number of halogens is 1. The zero-order chi connectivity index (χ0) is 16.6. The van der Waals surface area contributed by atoms with Gasteiger partial charge in [-0.25, -0.2) is 0 Å². The fourth-order valence-corrected chi connectivity index (χ4v) is 3.37. The summed E-state index contributed by atoms with van der Waals surface area (Å²) in [5, 5.41) is 2.75. The molecule has 1 aliphatic carbocycles. The zero-order valence-electron chi connectivity index (χ0n) is 12.7. The highest BCUT2D eigenvalue weighted by Crippen LogP contribution is 2.36. The molecule has 0 aromatic heterocycles. The minimum absolute atomic E-state index is 0.234. The number of imide groups is 1. The molecule has 0 bridgehead atoms. The summed E-state index contributed by atoms with van der Waals surface area (Å²) in [7, 11) is 0. The molecule has 0 spiro atoms. The predicted octanol–water partition coefficient (Wildman–Crippen LogP) is 2.73. The molecule has 1 aliphatic heterocycles. The number of fused-ring (bicyclic) bond motifs is 1. The molecule has 3 amide bonds. The molecule has 6 heteroatoms. The fourth-order valence-electron chi connectivity index (χ4n) is 3.10. The molecule has 0 saturated carbocycles. The van der Waals surface area contributed by atoms with E-state index in [0.29, 0.717) is 18.5 Å². The zero-order valence-corrected chi connectivity index (χ0v) is 14.2. The van der Waals surface area contributed by atoms with Gasteiger partial charge in [-0.15, -0.1) is 0 Å². The number of nitrogens with one attached hydrogen (secondary N) is 1. The van der Waals surface area contributed by atoms with Crippen LogP contribution >= 0.6 is 15.9 Å². The van der Waals surface area contributed by atoms with E-state index in [9.17, 15) is 14.4 Å². The lowest BCUT2D eigenvalue weighted by atomic mass is 9.85. The van der Waals surface area contributed by atoms with Crippen molar-refractivity contribution < 1.29 is 14.4 Å². The van der Waals surface area contributed by atoms with Crippen LogP contribution in [0.25, 0.3) is 0 Å². The molecular formula is C17H17BrN2O3. The number of likely N-dealkylation sites (tertiary alicyclic amines) is 1. The maximum atomic E-state index is 12.5. The number of anilines is 1. The molecule has 1 aromatic rings. The highest BCUT2D eigenvalue weighted by atomic mass is 79.9. The molecule has 1 saturated heterocycles. The molecular weight excluding hydrogens is 360 g/mol. The van der Waals surface area contributed by atoms with Gasteiger partial charge in [-0.2, -0.15) is 0 Å². The van der Waals surface area contributed by atoms with Crippen molar-refractivity contribution in [3.8, 4) is 0 Å². The average molecular weight is 377 g/mol. The number of benzene rings is 1. The maximum Gasteiger partial charge on any atom is 0.247 e. The normalized spacial score (nSPS) is 24.5. The van der Waals surface area contributed by atoms with Crippen LogP contribution in [-0.2, 0) is 14.4 Å². The number of rotatable bonds is 3. The van der Waals surface area contributed by atoms with Gasteiger partial charge in [-0.05, 0) is 44.0 Å². The van der Waals surface area contributed by atoms with Gasteiger partial charge in [-0.1, -0.05) is 28.1 Å². The van der Waals surface area contributed by atoms with Crippen molar-refractivity contribution >= 4 is 39.3 Å². The van der Waals surface area contributed by atoms with Crippen LogP contribution in [0.3, 0.4) is 0 Å². The van der Waals surface area contributed by atoms with Gasteiger partial charge in [-0.3, -0.25) is 19.3 Å². The Balaban J connectivity index is 1.73. The monoisotopic (exact) mass is 376 g/mol. The maximum absolute atomic E-state index is 12.5. The Morgan fingerprint density at radius 2 is 1.65 bits per heavy atom. The molecule has 0 radical (unpaired) electrons. The van der Waals surface area contributed by atoms with Crippen LogP contribution in [0.1, 0.15) is 19.8 Å². The molecule has 1 aromatic carbocycles. The van der Waals surface area contributed by atoms with Crippen LogP contribution < -0.4 is 5.32 Å². The molecule has 1 N–H and O–H groups in total. The Bertz CT molecular complexity index is 658. The van der Waals surface area contributed by atoms with Gasteiger partial charge >= 0.3 is 0 Å². The van der Waals surface area contributed by atoms with Gasteiger partial charge in [0.1, 0.15) is 6.04 Å². The second-order valence-corrected chi connectivity index (χ2v) is 6.79. The number of hydrogen-bond acceptors (Lipinski definition) is 3. The third-order valence-electron chi connectivity index (χ3n) is 4.42. The van der Waals surface area contributed by atoms with E-state index in [4.69, 9.17) is 0 Å². The van der Waals surface area contributed by atoms with Crippen LogP contribution in [0.2, 0.25) is 0 Å². The number of carbonyl (C=O) groups excluding carboxylic acids is 3. The number of hydrogen-bond donors (Lipinski definition) is 1. The second kappa shape index (κ2) is 6.28. The molecule has 0 unspecified atom stereocenters. The summed E-state index contributed by atoms with van der Waals surface area (Å²) in [6, 6.07) is 6.32. The van der Waals surface area contributed by atoms with Crippen molar-refractivity contribution in [3.05, 3.63) is 40.9 Å². The molecule has 23 heavy (non-hydrogen) atoms. The summed E-state index contributed by atoms with van der Waals surface area (Å²) in [5.41, 5.74) is 0.628. The Morgan fingerprint density at radius 1 is 1.13 bits per heavy atom. The summed E-state index contributed by atoms with van der Waals surface area (Å²) in [5.74, 6) is -1.45. The van der Waals surface area contributed by atoms with Crippen molar-refractivity contribution in [2.45, 2.75) is 25.8 Å². The summed E-state index contributed by atoms with van der Waals surface area (Å²) < 4.78 is 0.907. The van der Waals surface area contributed by atoms with Crippen LogP contribution in [0.15, 0.2) is 40.9 Å². The van der Waals surface area contributed by atoms with E-state index in [0.717, 1.165) is 9.37 Å². The lowest BCUT2D eigenvalue weighted by Crippen LogP contribution is -2.46. The number of nitrogens with zero attached hydrogens (tertiary/aromatic N) is 1. The van der Waals surface area contributed by atoms with Crippen LogP contribution in [0, 0.1) is 11.8 Å². The first-order valence-electron chi connectivity index (χ1n) is 7.57. The molecule has 120 valence electrons. The predicted molar refractivity (Wildman–Crippen MR) is 89.4 cm³/mol. The smallest absolute Gasteiger partial charge is 0.247 e. The Labute approximate surface area is 142 Å². The van der Waals surface area contributed by atoms with Crippen LogP contribution in [0.4, 0.5) is 5.69 Å². The summed E-state index contributed by atoms with van der Waals surface area (Å²) in [4.78, 5) is 38.5. The minimum atomic E-state index is -0.816. The van der Waals surface area contributed by atoms with Gasteiger partial charge < -0.3 is 5.32 Å². The second-order valence-electron chi connectivity index (χ2n) is 5.87. The van der Waals surface area contributed by atoms with E-state index in [1.165, 1.54) is 0 Å². The first kappa shape index (κ1) is 15.9. The topological polar surface area (TPSA) is 66.5 Å². The third-order valence-corrected chi connectivity index (χ3v) is 4.95. The molecule has 5 nitrogen and oxygen atoms in total. The van der Waals surface area contributed by atoms with Crippen LogP contribution in [0.5, 0.6) is 0 Å². The van der Waals surface area contributed by atoms with Gasteiger partial charge in [0, 0.05) is 10.2 Å². The van der Waals surface area contributed by atoms with E-state index >= 15 is 0 Å². The van der Waals surface area contributed by atoms with E-state index in [2.05, 4.69) is 21.2 Å². The fraction of sp³-hybridized carbons (Fsp3) is 0.353. The molecule has 1 fully saturated rings. The van der Waals surface area contributed by atoms with E-state index < -0.39 is 6.04 Å². The quantitative estimate of drug-likeness (QED) is 0.651. The Morgan fingerprint density at radius 3 is 2.17 bits per heavy atom. The van der Waals surface area contributed by atoms with Crippen molar-refractivity contribution in [2.24, 2.45) is 11.8 Å². The number of allylic oxidation sites excluding steroid dienone is 2. The lowest BCUT2D eigenvalue weighted by molar-refractivity contribution is -0.146. The number of amides is 3. The largest absolute Gasteiger partial charge is 0.324 e. The van der Waals surface area contributed by atoms with Crippen molar-refractivity contribution in [3.63, 3.8) is 0 Å². The average Bonchev–Trinajstić information content (AvgIpc) is 2.81. The highest BCUT2D eigenvalue weighted by Gasteiger charge is 2.50.